The summed E-state index contributed by atoms with van der Waals surface area (Å²) in [6.07, 6.45) is 22.8. The van der Waals surface area contributed by atoms with E-state index in [0.717, 1.165) is 51.4 Å². The number of carboxylic acids is 1. The van der Waals surface area contributed by atoms with E-state index in [1.165, 1.54) is 70.6 Å². The monoisotopic (exact) mass is 584 g/mol. The number of hydrogen-bond donors (Lipinski definition) is 4. The van der Waals surface area contributed by atoms with Gasteiger partial charge in [-0.2, -0.15) is 0 Å². The molecule has 0 aromatic carbocycles. The fourth-order valence-electron chi connectivity index (χ4n) is 4.77. The number of aliphatic carboxylic acids is 1. The van der Waals surface area contributed by atoms with E-state index < -0.39 is 24.5 Å². The average Bonchev–Trinajstić information content (AvgIpc) is 2.95. The van der Waals surface area contributed by atoms with Gasteiger partial charge in [-0.1, -0.05) is 104 Å². The topological polar surface area (TPSA) is 142 Å². The third kappa shape index (κ3) is 25.3. The van der Waals surface area contributed by atoms with E-state index in [1.54, 1.807) is 0 Å². The molecule has 0 saturated heterocycles. The van der Waals surface area contributed by atoms with E-state index in [9.17, 15) is 19.2 Å². The molecule has 0 aliphatic carbocycles. The summed E-state index contributed by atoms with van der Waals surface area (Å²) in [7, 11) is 0. The van der Waals surface area contributed by atoms with Crippen LogP contribution >= 0.6 is 0 Å². The van der Waals surface area contributed by atoms with Crippen LogP contribution in [-0.4, -0.2) is 59.3 Å². The summed E-state index contributed by atoms with van der Waals surface area (Å²) in [5.41, 5.74) is 0. The first-order valence-corrected chi connectivity index (χ1v) is 16.4. The highest BCUT2D eigenvalue weighted by atomic mass is 16.5. The van der Waals surface area contributed by atoms with Crippen LogP contribution in [0.15, 0.2) is 0 Å². The Morgan fingerprint density at radius 3 is 1.59 bits per heavy atom. The van der Waals surface area contributed by atoms with Gasteiger partial charge in [0.25, 0.3) is 0 Å². The lowest BCUT2D eigenvalue weighted by Gasteiger charge is -2.18. The number of carbonyl (C=O) groups excluding carboxylic acids is 3. The second-order valence-corrected chi connectivity index (χ2v) is 11.3. The molecule has 2 atom stereocenters. The van der Waals surface area contributed by atoms with Crippen LogP contribution in [0.5, 0.6) is 0 Å². The second-order valence-electron chi connectivity index (χ2n) is 11.3. The Morgan fingerprint density at radius 1 is 0.634 bits per heavy atom. The molecule has 0 rings (SSSR count). The fraction of sp³-hybridized carbons (Fsp3) is 0.875. The van der Waals surface area contributed by atoms with Gasteiger partial charge < -0.3 is 25.6 Å². The van der Waals surface area contributed by atoms with Crippen LogP contribution in [0, 0.1) is 0 Å². The van der Waals surface area contributed by atoms with Gasteiger partial charge in [0.15, 0.2) is 0 Å². The summed E-state index contributed by atoms with van der Waals surface area (Å²) in [5, 5.41) is 22.4. The van der Waals surface area contributed by atoms with Gasteiger partial charge in [-0.15, -0.1) is 0 Å². The van der Waals surface area contributed by atoms with Crippen LogP contribution in [0.2, 0.25) is 0 Å². The molecule has 0 spiro atoms. The highest BCUT2D eigenvalue weighted by molar-refractivity contribution is 5.87. The lowest BCUT2D eigenvalue weighted by Crippen LogP contribution is -2.47. The predicted molar refractivity (Wildman–Crippen MR) is 162 cm³/mol. The van der Waals surface area contributed by atoms with Crippen LogP contribution in [-0.2, 0) is 23.9 Å². The van der Waals surface area contributed by atoms with Gasteiger partial charge >= 0.3 is 11.9 Å². The van der Waals surface area contributed by atoms with Crippen LogP contribution in [0.1, 0.15) is 155 Å². The molecule has 0 saturated carbocycles. The molecule has 0 bridgehead atoms. The highest BCUT2D eigenvalue weighted by Gasteiger charge is 2.19. The number of unbranched alkanes of at least 4 members (excludes halogenated alkanes) is 15. The SMILES string of the molecule is CCCCCCCCCCC(=O)OC(CCCCCCCC)CCCCCCC(=O)NCC(=O)NC(CO)C(=O)O. The Hall–Kier alpha value is -2.16. The van der Waals surface area contributed by atoms with Gasteiger partial charge in [0.05, 0.1) is 13.2 Å². The molecule has 0 fully saturated rings. The number of hydrogen-bond acceptors (Lipinski definition) is 6. The van der Waals surface area contributed by atoms with Crippen molar-refractivity contribution in [1.29, 1.82) is 0 Å². The third-order valence-electron chi connectivity index (χ3n) is 7.35. The molecule has 2 unspecified atom stereocenters. The van der Waals surface area contributed by atoms with Crippen LogP contribution in [0.4, 0.5) is 0 Å². The van der Waals surface area contributed by atoms with Crippen molar-refractivity contribution in [2.45, 2.75) is 167 Å². The standard InChI is InChI=1S/C32H60N2O7/c1-3-5-7-9-11-12-14-20-24-31(38)41-27(21-17-13-10-8-6-4-2)22-18-15-16-19-23-29(36)33-25-30(37)34-28(26-35)32(39)40/h27-28,35H,3-26H2,1-2H3,(H,33,36)(H,34,37)(H,39,40). The molecular formula is C32H60N2O7. The maximum absolute atomic E-state index is 12.5. The smallest absolute Gasteiger partial charge is 0.328 e. The zero-order chi connectivity index (χ0) is 30.6. The zero-order valence-corrected chi connectivity index (χ0v) is 26.1. The summed E-state index contributed by atoms with van der Waals surface area (Å²) in [5.74, 6) is -2.33. The zero-order valence-electron chi connectivity index (χ0n) is 26.1. The minimum absolute atomic E-state index is 0.0296. The molecule has 0 aromatic heterocycles. The number of aliphatic hydroxyl groups excluding tert-OH is 1. The Bertz CT molecular complexity index is 687. The van der Waals surface area contributed by atoms with Crippen molar-refractivity contribution in [2.24, 2.45) is 0 Å². The minimum Gasteiger partial charge on any atom is -0.480 e. The predicted octanol–water partition coefficient (Wildman–Crippen LogP) is 6.20. The van der Waals surface area contributed by atoms with Crippen molar-refractivity contribution in [2.75, 3.05) is 13.2 Å². The van der Waals surface area contributed by atoms with E-state index >= 15 is 0 Å². The Labute approximate surface area is 249 Å². The number of carboxylic acid groups (broad SMARTS) is 1. The van der Waals surface area contributed by atoms with Gasteiger partial charge in [0, 0.05) is 12.8 Å². The molecule has 0 aliphatic rings. The summed E-state index contributed by atoms with van der Waals surface area (Å²) in [6, 6.07) is -1.38. The number of carbonyl (C=O) groups is 4. The number of ether oxygens (including phenoxy) is 1. The molecule has 9 heteroatoms. The number of aliphatic hydroxyl groups is 1. The van der Waals surface area contributed by atoms with E-state index in [4.69, 9.17) is 14.9 Å². The summed E-state index contributed by atoms with van der Waals surface area (Å²) >= 11 is 0. The quantitative estimate of drug-likeness (QED) is 0.0606. The van der Waals surface area contributed by atoms with Crippen molar-refractivity contribution in [1.82, 2.24) is 10.6 Å². The van der Waals surface area contributed by atoms with E-state index in [2.05, 4.69) is 24.5 Å². The Morgan fingerprint density at radius 2 is 1.10 bits per heavy atom. The molecule has 9 nitrogen and oxygen atoms in total. The van der Waals surface area contributed by atoms with Crippen molar-refractivity contribution >= 4 is 23.8 Å². The Kier molecular flexibility index (Phi) is 26.5. The first-order chi connectivity index (χ1) is 19.8. The van der Waals surface area contributed by atoms with E-state index in [-0.39, 0.29) is 30.9 Å². The van der Waals surface area contributed by atoms with Crippen molar-refractivity contribution in [3.8, 4) is 0 Å². The molecule has 2 amide bonds. The lowest BCUT2D eigenvalue weighted by atomic mass is 10.0. The molecule has 0 heterocycles. The van der Waals surface area contributed by atoms with Crippen molar-refractivity contribution in [3.05, 3.63) is 0 Å². The van der Waals surface area contributed by atoms with Gasteiger partial charge in [-0.3, -0.25) is 14.4 Å². The second kappa shape index (κ2) is 28.0. The molecule has 4 N–H and O–H groups in total. The maximum atomic E-state index is 12.5. The third-order valence-corrected chi connectivity index (χ3v) is 7.35. The van der Waals surface area contributed by atoms with Crippen molar-refractivity contribution < 1.29 is 34.1 Å². The number of amides is 2. The molecular weight excluding hydrogens is 524 g/mol. The summed E-state index contributed by atoms with van der Waals surface area (Å²) < 4.78 is 5.89. The molecule has 0 radical (unpaired) electrons. The van der Waals surface area contributed by atoms with Crippen LogP contribution < -0.4 is 10.6 Å². The van der Waals surface area contributed by atoms with E-state index in [1.807, 2.05) is 0 Å². The molecule has 41 heavy (non-hydrogen) atoms. The van der Waals surface area contributed by atoms with Crippen LogP contribution in [0.3, 0.4) is 0 Å². The fourth-order valence-corrected chi connectivity index (χ4v) is 4.77. The van der Waals surface area contributed by atoms with E-state index in [0.29, 0.717) is 12.8 Å². The minimum atomic E-state index is -1.38. The molecule has 0 aromatic rings. The number of nitrogens with one attached hydrogen (secondary N) is 2. The lowest BCUT2D eigenvalue weighted by molar-refractivity contribution is -0.150. The summed E-state index contributed by atoms with van der Waals surface area (Å²) in [4.78, 5) is 47.0. The number of rotatable bonds is 29. The number of esters is 1. The molecule has 0 aliphatic heterocycles. The first kappa shape index (κ1) is 38.8. The maximum Gasteiger partial charge on any atom is 0.328 e. The molecule has 240 valence electrons. The Balaban J connectivity index is 4.21. The van der Waals surface area contributed by atoms with Gasteiger partial charge in [-0.05, 0) is 38.5 Å². The highest BCUT2D eigenvalue weighted by Crippen LogP contribution is 2.18. The van der Waals surface area contributed by atoms with Gasteiger partial charge in [0.1, 0.15) is 12.1 Å². The van der Waals surface area contributed by atoms with Crippen LogP contribution in [0.25, 0.3) is 0 Å². The first-order valence-electron chi connectivity index (χ1n) is 16.4. The van der Waals surface area contributed by atoms with Crippen molar-refractivity contribution in [3.63, 3.8) is 0 Å². The van der Waals surface area contributed by atoms with Gasteiger partial charge in [0.2, 0.25) is 11.8 Å². The summed E-state index contributed by atoms with van der Waals surface area (Å²) in [6.45, 7) is 3.40. The average molecular weight is 585 g/mol. The van der Waals surface area contributed by atoms with Gasteiger partial charge in [-0.25, -0.2) is 4.79 Å². The normalized spacial score (nSPS) is 12.5. The largest absolute Gasteiger partial charge is 0.480 e.